The Balaban J connectivity index is 1.68. The average Bonchev–Trinajstić information content (AvgIpc) is 3.27. The van der Waals surface area contributed by atoms with Crippen molar-refractivity contribution in [3.63, 3.8) is 0 Å². The molecule has 130 valence electrons. The van der Waals surface area contributed by atoms with Gasteiger partial charge in [0, 0.05) is 18.9 Å². The summed E-state index contributed by atoms with van der Waals surface area (Å²) in [5, 5.41) is 8.67. The SMILES string of the molecule is COc1cccc2cc(C(=O)N3CCOC[C@H]3c3nnc(C)o3)oc12. The van der Waals surface area contributed by atoms with Gasteiger partial charge in [0.25, 0.3) is 5.91 Å². The summed E-state index contributed by atoms with van der Waals surface area (Å²) in [6.45, 7) is 2.87. The number of rotatable bonds is 3. The van der Waals surface area contributed by atoms with Crippen LogP contribution in [0.2, 0.25) is 0 Å². The van der Waals surface area contributed by atoms with Crippen molar-refractivity contribution in [3.05, 3.63) is 41.8 Å². The quantitative estimate of drug-likeness (QED) is 0.721. The minimum atomic E-state index is -0.433. The van der Waals surface area contributed by atoms with Crippen LogP contribution in [0.15, 0.2) is 33.1 Å². The maximum atomic E-state index is 13.0. The summed E-state index contributed by atoms with van der Waals surface area (Å²) in [4.78, 5) is 14.6. The second kappa shape index (κ2) is 6.21. The van der Waals surface area contributed by atoms with E-state index in [0.29, 0.717) is 42.9 Å². The van der Waals surface area contributed by atoms with E-state index in [9.17, 15) is 4.79 Å². The Morgan fingerprint density at radius 3 is 2.96 bits per heavy atom. The van der Waals surface area contributed by atoms with Crippen LogP contribution in [0.1, 0.15) is 28.4 Å². The van der Waals surface area contributed by atoms with E-state index in [4.69, 9.17) is 18.3 Å². The summed E-state index contributed by atoms with van der Waals surface area (Å²) in [5.74, 6) is 1.38. The van der Waals surface area contributed by atoms with Crippen LogP contribution in [0, 0.1) is 6.92 Å². The van der Waals surface area contributed by atoms with Gasteiger partial charge < -0.3 is 23.2 Å². The molecule has 2 aromatic heterocycles. The summed E-state index contributed by atoms with van der Waals surface area (Å²) < 4.78 is 22.0. The molecule has 8 heteroatoms. The topological polar surface area (TPSA) is 90.8 Å². The summed E-state index contributed by atoms with van der Waals surface area (Å²) in [7, 11) is 1.56. The van der Waals surface area contributed by atoms with E-state index >= 15 is 0 Å². The second-order valence-electron chi connectivity index (χ2n) is 5.74. The summed E-state index contributed by atoms with van der Waals surface area (Å²) in [5.41, 5.74) is 0.548. The first-order valence-corrected chi connectivity index (χ1v) is 7.92. The van der Waals surface area contributed by atoms with Crippen LogP contribution in [0.4, 0.5) is 0 Å². The van der Waals surface area contributed by atoms with Crippen molar-refractivity contribution in [2.24, 2.45) is 0 Å². The van der Waals surface area contributed by atoms with E-state index in [0.717, 1.165) is 5.39 Å². The molecule has 1 aromatic carbocycles. The van der Waals surface area contributed by atoms with Crippen molar-refractivity contribution in [3.8, 4) is 5.75 Å². The number of carbonyl (C=O) groups excluding carboxylic acids is 1. The highest BCUT2D eigenvalue weighted by Crippen LogP contribution is 2.31. The number of aryl methyl sites for hydroxylation is 1. The average molecular weight is 343 g/mol. The Bertz CT molecular complexity index is 916. The number of hydrogen-bond donors (Lipinski definition) is 0. The molecule has 0 N–H and O–H groups in total. The highest BCUT2D eigenvalue weighted by atomic mass is 16.5. The molecule has 1 fully saturated rings. The van der Waals surface area contributed by atoms with Gasteiger partial charge in [0.05, 0.1) is 20.3 Å². The van der Waals surface area contributed by atoms with Gasteiger partial charge in [-0.15, -0.1) is 10.2 Å². The molecule has 3 aromatic rings. The molecule has 0 bridgehead atoms. The third-order valence-electron chi connectivity index (χ3n) is 4.15. The Kier molecular flexibility index (Phi) is 3.89. The molecule has 1 aliphatic rings. The number of amides is 1. The van der Waals surface area contributed by atoms with Crippen molar-refractivity contribution >= 4 is 16.9 Å². The zero-order valence-electron chi connectivity index (χ0n) is 13.9. The fourth-order valence-electron chi connectivity index (χ4n) is 2.94. The second-order valence-corrected chi connectivity index (χ2v) is 5.74. The Morgan fingerprint density at radius 1 is 1.32 bits per heavy atom. The number of carbonyl (C=O) groups is 1. The van der Waals surface area contributed by atoms with Gasteiger partial charge in [0.1, 0.15) is 6.04 Å². The predicted octanol–water partition coefficient (Wildman–Crippen LogP) is 2.35. The lowest BCUT2D eigenvalue weighted by Crippen LogP contribution is -2.43. The zero-order valence-corrected chi connectivity index (χ0v) is 13.9. The van der Waals surface area contributed by atoms with E-state index in [-0.39, 0.29) is 11.7 Å². The minimum absolute atomic E-state index is 0.239. The van der Waals surface area contributed by atoms with Crippen molar-refractivity contribution < 1.29 is 23.1 Å². The van der Waals surface area contributed by atoms with Crippen molar-refractivity contribution in [2.75, 3.05) is 26.9 Å². The van der Waals surface area contributed by atoms with Crippen LogP contribution in [0.5, 0.6) is 5.75 Å². The first-order chi connectivity index (χ1) is 12.2. The highest BCUT2D eigenvalue weighted by molar-refractivity contribution is 5.97. The molecular formula is C17H17N3O5. The van der Waals surface area contributed by atoms with Crippen molar-refractivity contribution in [1.29, 1.82) is 0 Å². The van der Waals surface area contributed by atoms with Gasteiger partial charge in [-0.2, -0.15) is 0 Å². The maximum absolute atomic E-state index is 13.0. The monoisotopic (exact) mass is 343 g/mol. The van der Waals surface area contributed by atoms with Gasteiger partial charge in [0.15, 0.2) is 17.1 Å². The number of morpholine rings is 1. The van der Waals surface area contributed by atoms with Crippen LogP contribution < -0.4 is 4.74 Å². The number of aromatic nitrogens is 2. The lowest BCUT2D eigenvalue weighted by molar-refractivity contribution is -0.0120. The zero-order chi connectivity index (χ0) is 17.4. The summed E-state index contributed by atoms with van der Waals surface area (Å²) in [6, 6.07) is 6.79. The normalized spacial score (nSPS) is 17.8. The number of ether oxygens (including phenoxy) is 2. The van der Waals surface area contributed by atoms with Crippen LogP contribution in [-0.4, -0.2) is 47.9 Å². The summed E-state index contributed by atoms with van der Waals surface area (Å²) in [6.07, 6.45) is 0. The minimum Gasteiger partial charge on any atom is -0.493 e. The number of fused-ring (bicyclic) bond motifs is 1. The summed E-state index contributed by atoms with van der Waals surface area (Å²) >= 11 is 0. The number of methoxy groups -OCH3 is 1. The number of furan rings is 1. The highest BCUT2D eigenvalue weighted by Gasteiger charge is 2.34. The van der Waals surface area contributed by atoms with E-state index < -0.39 is 6.04 Å². The number of hydrogen-bond acceptors (Lipinski definition) is 7. The molecule has 25 heavy (non-hydrogen) atoms. The van der Waals surface area contributed by atoms with Gasteiger partial charge in [-0.25, -0.2) is 0 Å². The van der Waals surface area contributed by atoms with E-state index in [2.05, 4.69) is 10.2 Å². The Labute approximate surface area is 143 Å². The number of benzene rings is 1. The van der Waals surface area contributed by atoms with Crippen LogP contribution >= 0.6 is 0 Å². The molecule has 0 radical (unpaired) electrons. The molecular weight excluding hydrogens is 326 g/mol. The standard InChI is InChI=1S/C17H17N3O5/c1-10-18-19-16(24-10)12-9-23-7-6-20(12)17(21)14-8-11-4-3-5-13(22-2)15(11)25-14/h3-5,8,12H,6-7,9H2,1-2H3/t12-/m0/s1. The van der Waals surface area contributed by atoms with Gasteiger partial charge in [-0.3, -0.25) is 4.79 Å². The first kappa shape index (κ1) is 15.6. The molecule has 0 spiro atoms. The molecule has 0 unspecified atom stereocenters. The molecule has 4 rings (SSSR count). The molecule has 8 nitrogen and oxygen atoms in total. The van der Waals surface area contributed by atoms with Gasteiger partial charge in [-0.1, -0.05) is 12.1 Å². The van der Waals surface area contributed by atoms with Crippen molar-refractivity contribution in [1.82, 2.24) is 15.1 Å². The Morgan fingerprint density at radius 2 is 2.20 bits per heavy atom. The molecule has 3 heterocycles. The van der Waals surface area contributed by atoms with E-state index in [1.807, 2.05) is 12.1 Å². The third kappa shape index (κ3) is 2.74. The van der Waals surface area contributed by atoms with Crippen molar-refractivity contribution in [2.45, 2.75) is 13.0 Å². The van der Waals surface area contributed by atoms with Crippen LogP contribution in [-0.2, 0) is 4.74 Å². The predicted molar refractivity (Wildman–Crippen MR) is 86.4 cm³/mol. The molecule has 1 atom stereocenters. The lowest BCUT2D eigenvalue weighted by Gasteiger charge is -2.32. The molecule has 1 aliphatic heterocycles. The molecule has 0 saturated carbocycles. The first-order valence-electron chi connectivity index (χ1n) is 7.92. The van der Waals surface area contributed by atoms with E-state index in [1.165, 1.54) is 0 Å². The number of nitrogens with zero attached hydrogens (tertiary/aromatic N) is 3. The van der Waals surface area contributed by atoms with Gasteiger partial charge >= 0.3 is 0 Å². The van der Waals surface area contributed by atoms with Gasteiger partial charge in [-0.05, 0) is 12.1 Å². The fraction of sp³-hybridized carbons (Fsp3) is 0.353. The molecule has 1 saturated heterocycles. The largest absolute Gasteiger partial charge is 0.493 e. The third-order valence-corrected chi connectivity index (χ3v) is 4.15. The molecule has 1 amide bonds. The van der Waals surface area contributed by atoms with Gasteiger partial charge in [0.2, 0.25) is 11.8 Å². The fourth-order valence-corrected chi connectivity index (χ4v) is 2.94. The lowest BCUT2D eigenvalue weighted by atomic mass is 10.2. The van der Waals surface area contributed by atoms with Crippen LogP contribution in [0.3, 0.4) is 0 Å². The smallest absolute Gasteiger partial charge is 0.290 e. The van der Waals surface area contributed by atoms with E-state index in [1.54, 1.807) is 31.1 Å². The van der Waals surface area contributed by atoms with Crippen LogP contribution in [0.25, 0.3) is 11.0 Å². The molecule has 0 aliphatic carbocycles. The maximum Gasteiger partial charge on any atom is 0.290 e. The Hall–Kier alpha value is -2.87. The number of para-hydroxylation sites is 1.